The molecule has 3 rings (SSSR count). The van der Waals surface area contributed by atoms with Gasteiger partial charge in [0.1, 0.15) is 0 Å². The zero-order chi connectivity index (χ0) is 20.1. The Morgan fingerprint density at radius 1 is 1.14 bits per heavy atom. The van der Waals surface area contributed by atoms with Crippen LogP contribution in [0.25, 0.3) is 0 Å². The summed E-state index contributed by atoms with van der Waals surface area (Å²) in [5.74, 6) is -1.60. The highest BCUT2D eigenvalue weighted by Gasteiger charge is 2.36. The molecular weight excluding hydrogens is 356 g/mol. The first-order valence-electron chi connectivity index (χ1n) is 9.39. The number of aryl methyl sites for hydroxylation is 2. The van der Waals surface area contributed by atoms with Crippen molar-refractivity contribution in [3.8, 4) is 0 Å². The molecule has 6 heteroatoms. The molecule has 1 heterocycles. The molecule has 28 heavy (non-hydrogen) atoms. The van der Waals surface area contributed by atoms with E-state index in [0.29, 0.717) is 5.69 Å². The minimum Gasteiger partial charge on any atom is -0.455 e. The molecule has 0 aliphatic carbocycles. The highest BCUT2D eigenvalue weighted by atomic mass is 16.5. The normalized spacial score (nSPS) is 16.1. The third kappa shape index (κ3) is 4.57. The van der Waals surface area contributed by atoms with Gasteiger partial charge in [-0.25, -0.2) is 0 Å². The molecule has 1 aliphatic rings. The van der Waals surface area contributed by atoms with Gasteiger partial charge in [0.15, 0.2) is 6.61 Å². The molecule has 0 saturated carbocycles. The van der Waals surface area contributed by atoms with Gasteiger partial charge in [-0.15, -0.1) is 0 Å². The number of amides is 2. The smallest absolute Gasteiger partial charge is 0.311 e. The molecule has 1 N–H and O–H groups in total. The number of nitrogens with zero attached hydrogens (tertiary/aromatic N) is 1. The number of carbonyl (C=O) groups excluding carboxylic acids is 3. The number of rotatable bonds is 6. The van der Waals surface area contributed by atoms with Gasteiger partial charge in [0, 0.05) is 24.3 Å². The zero-order valence-corrected chi connectivity index (χ0v) is 16.1. The molecular formula is C22H24N2O4. The Labute approximate surface area is 164 Å². The molecule has 2 aromatic rings. The van der Waals surface area contributed by atoms with Gasteiger partial charge in [-0.2, -0.15) is 0 Å². The third-order valence-electron chi connectivity index (χ3n) is 4.82. The summed E-state index contributed by atoms with van der Waals surface area (Å²) in [6.45, 7) is 3.87. The maximum Gasteiger partial charge on any atom is 0.311 e. The maximum absolute atomic E-state index is 12.3. The minimum absolute atomic E-state index is 0.0903. The number of ether oxygens (including phenoxy) is 1. The van der Waals surface area contributed by atoms with Crippen molar-refractivity contribution in [2.75, 3.05) is 23.4 Å². The van der Waals surface area contributed by atoms with E-state index in [0.717, 1.165) is 23.2 Å². The van der Waals surface area contributed by atoms with E-state index in [1.165, 1.54) is 0 Å². The number of esters is 1. The second-order valence-corrected chi connectivity index (χ2v) is 6.91. The molecule has 1 aliphatic heterocycles. The minimum atomic E-state index is -0.565. The van der Waals surface area contributed by atoms with E-state index in [-0.39, 0.29) is 25.5 Å². The quantitative estimate of drug-likeness (QED) is 0.782. The van der Waals surface area contributed by atoms with Crippen LogP contribution in [0.2, 0.25) is 0 Å². The molecule has 2 amide bonds. The van der Waals surface area contributed by atoms with E-state index in [4.69, 9.17) is 4.74 Å². The molecule has 1 unspecified atom stereocenters. The van der Waals surface area contributed by atoms with Gasteiger partial charge in [0.25, 0.3) is 5.91 Å². The Hall–Kier alpha value is -3.15. The van der Waals surface area contributed by atoms with E-state index in [1.54, 1.807) is 4.90 Å². The van der Waals surface area contributed by atoms with Crippen LogP contribution in [0.15, 0.2) is 48.5 Å². The fourth-order valence-electron chi connectivity index (χ4n) is 3.23. The number of para-hydroxylation sites is 1. The Morgan fingerprint density at radius 2 is 1.86 bits per heavy atom. The van der Waals surface area contributed by atoms with Crippen LogP contribution in [0, 0.1) is 12.8 Å². The molecule has 0 radical (unpaired) electrons. The van der Waals surface area contributed by atoms with Gasteiger partial charge in [0.05, 0.1) is 5.92 Å². The zero-order valence-electron chi connectivity index (χ0n) is 16.1. The molecule has 1 saturated heterocycles. The summed E-state index contributed by atoms with van der Waals surface area (Å²) in [4.78, 5) is 38.3. The van der Waals surface area contributed by atoms with Gasteiger partial charge in [0.2, 0.25) is 5.91 Å². The predicted molar refractivity (Wildman–Crippen MR) is 107 cm³/mol. The SMILES string of the molecule is CCc1ccccc1NC(=O)COC(=O)C1CC(=O)N(c2ccc(C)cc2)C1. The highest BCUT2D eigenvalue weighted by molar-refractivity contribution is 6.00. The van der Waals surface area contributed by atoms with Crippen molar-refractivity contribution >= 4 is 29.2 Å². The fraction of sp³-hybridized carbons (Fsp3) is 0.318. The van der Waals surface area contributed by atoms with Crippen LogP contribution in [-0.4, -0.2) is 30.9 Å². The number of hydrogen-bond donors (Lipinski definition) is 1. The number of anilines is 2. The second-order valence-electron chi connectivity index (χ2n) is 6.91. The molecule has 1 fully saturated rings. The lowest BCUT2D eigenvalue weighted by atomic mass is 10.1. The first-order chi connectivity index (χ1) is 13.5. The molecule has 0 aromatic heterocycles. The first kappa shape index (κ1) is 19.6. The number of benzene rings is 2. The summed E-state index contributed by atoms with van der Waals surface area (Å²) < 4.78 is 5.16. The van der Waals surface area contributed by atoms with Crippen molar-refractivity contribution in [2.45, 2.75) is 26.7 Å². The monoisotopic (exact) mass is 380 g/mol. The van der Waals surface area contributed by atoms with Crippen molar-refractivity contribution in [1.29, 1.82) is 0 Å². The summed E-state index contributed by atoms with van der Waals surface area (Å²) in [6.07, 6.45) is 0.877. The molecule has 1 atom stereocenters. The van der Waals surface area contributed by atoms with Crippen LogP contribution in [0.5, 0.6) is 0 Å². The molecule has 0 bridgehead atoms. The lowest BCUT2D eigenvalue weighted by Gasteiger charge is -2.16. The van der Waals surface area contributed by atoms with Crippen molar-refractivity contribution in [3.63, 3.8) is 0 Å². The van der Waals surface area contributed by atoms with Crippen molar-refractivity contribution in [1.82, 2.24) is 0 Å². The second kappa shape index (κ2) is 8.69. The van der Waals surface area contributed by atoms with Crippen LogP contribution >= 0.6 is 0 Å². The summed E-state index contributed by atoms with van der Waals surface area (Å²) in [5, 5.41) is 2.76. The maximum atomic E-state index is 12.3. The Balaban J connectivity index is 1.53. The molecule has 0 spiro atoms. The first-order valence-corrected chi connectivity index (χ1v) is 9.39. The summed E-state index contributed by atoms with van der Waals surface area (Å²) >= 11 is 0. The average molecular weight is 380 g/mol. The van der Waals surface area contributed by atoms with Crippen LogP contribution < -0.4 is 10.2 Å². The summed E-state index contributed by atoms with van der Waals surface area (Å²) in [5.41, 5.74) is 3.59. The van der Waals surface area contributed by atoms with E-state index < -0.39 is 17.8 Å². The summed E-state index contributed by atoms with van der Waals surface area (Å²) in [7, 11) is 0. The fourth-order valence-corrected chi connectivity index (χ4v) is 3.23. The van der Waals surface area contributed by atoms with E-state index in [2.05, 4.69) is 5.32 Å². The predicted octanol–water partition coefficient (Wildman–Crippen LogP) is 3.09. The lowest BCUT2D eigenvalue weighted by Crippen LogP contribution is -2.28. The third-order valence-corrected chi connectivity index (χ3v) is 4.82. The van der Waals surface area contributed by atoms with Crippen LogP contribution in [-0.2, 0) is 25.5 Å². The molecule has 2 aromatic carbocycles. The van der Waals surface area contributed by atoms with Crippen molar-refractivity contribution in [3.05, 3.63) is 59.7 Å². The topological polar surface area (TPSA) is 75.7 Å². The van der Waals surface area contributed by atoms with Crippen molar-refractivity contribution < 1.29 is 19.1 Å². The van der Waals surface area contributed by atoms with Crippen LogP contribution in [0.4, 0.5) is 11.4 Å². The lowest BCUT2D eigenvalue weighted by molar-refractivity contribution is -0.151. The standard InChI is InChI=1S/C22H24N2O4/c1-3-16-6-4-5-7-19(16)23-20(25)14-28-22(27)17-12-21(26)24(13-17)18-10-8-15(2)9-11-18/h4-11,17H,3,12-14H2,1-2H3,(H,23,25). The molecule has 6 nitrogen and oxygen atoms in total. The van der Waals surface area contributed by atoms with Crippen LogP contribution in [0.1, 0.15) is 24.5 Å². The number of hydrogen-bond acceptors (Lipinski definition) is 4. The largest absolute Gasteiger partial charge is 0.455 e. The Bertz CT molecular complexity index is 876. The van der Waals surface area contributed by atoms with Crippen LogP contribution in [0.3, 0.4) is 0 Å². The number of nitrogens with one attached hydrogen (secondary N) is 1. The van der Waals surface area contributed by atoms with E-state index >= 15 is 0 Å². The van der Waals surface area contributed by atoms with E-state index in [1.807, 2.05) is 62.4 Å². The van der Waals surface area contributed by atoms with Gasteiger partial charge in [-0.05, 0) is 37.1 Å². The van der Waals surface area contributed by atoms with Crippen molar-refractivity contribution in [2.24, 2.45) is 5.92 Å². The van der Waals surface area contributed by atoms with Gasteiger partial charge >= 0.3 is 5.97 Å². The highest BCUT2D eigenvalue weighted by Crippen LogP contribution is 2.26. The van der Waals surface area contributed by atoms with Gasteiger partial charge in [-0.3, -0.25) is 14.4 Å². The average Bonchev–Trinajstić information content (AvgIpc) is 3.09. The number of carbonyl (C=O) groups is 3. The van der Waals surface area contributed by atoms with E-state index in [9.17, 15) is 14.4 Å². The molecule has 146 valence electrons. The Morgan fingerprint density at radius 3 is 2.57 bits per heavy atom. The Kier molecular flexibility index (Phi) is 6.09. The van der Waals surface area contributed by atoms with Gasteiger partial charge < -0.3 is 15.0 Å². The van der Waals surface area contributed by atoms with Gasteiger partial charge in [-0.1, -0.05) is 42.8 Å². The summed E-state index contributed by atoms with van der Waals surface area (Å²) in [6, 6.07) is 15.1.